The van der Waals surface area contributed by atoms with E-state index >= 15 is 0 Å². The van der Waals surface area contributed by atoms with Gasteiger partial charge in [0.15, 0.2) is 0 Å². The molecule has 27 heavy (non-hydrogen) atoms. The molecule has 1 N–H and O–H groups in total. The maximum atomic E-state index is 12.7. The van der Waals surface area contributed by atoms with E-state index in [0.29, 0.717) is 0 Å². The molecule has 1 unspecified atom stereocenters. The first-order valence-corrected chi connectivity index (χ1v) is 10.7. The minimum Gasteiger partial charge on any atom is -0.393 e. The highest BCUT2D eigenvalue weighted by molar-refractivity contribution is 7.11. The Kier molecular flexibility index (Phi) is 5.61. The molecular weight excluding hydrogens is 360 g/mol. The molecule has 6 nitrogen and oxygen atoms in total. The Balaban J connectivity index is 1.43. The number of anilines is 1. The van der Waals surface area contributed by atoms with Gasteiger partial charge in [-0.1, -0.05) is 0 Å². The summed E-state index contributed by atoms with van der Waals surface area (Å²) in [5, 5.41) is 14.2. The number of likely N-dealkylation sites (tertiary alicyclic amines) is 1. The standard InChI is InChI=1S/C20H28N4O2S/c1-15-4-5-19(27-15)14-22-8-2-3-16(13-22)24-20(26)11-17(12-21-24)23-9-6-18(25)7-10-23/h4-5,11-12,16,18,25H,2-3,6-10,13-14H2,1H3. The molecule has 146 valence electrons. The first-order chi connectivity index (χ1) is 13.1. The third kappa shape index (κ3) is 4.42. The molecule has 4 rings (SSSR count). The smallest absolute Gasteiger partial charge is 0.269 e. The number of nitrogens with zero attached hydrogens (tertiary/aromatic N) is 4. The third-order valence-electron chi connectivity index (χ3n) is 5.64. The van der Waals surface area contributed by atoms with E-state index in [1.54, 1.807) is 10.7 Å². The van der Waals surface area contributed by atoms with Crippen LogP contribution in [0.2, 0.25) is 0 Å². The zero-order valence-corrected chi connectivity index (χ0v) is 16.7. The van der Waals surface area contributed by atoms with Crippen molar-refractivity contribution in [3.8, 4) is 0 Å². The fraction of sp³-hybridized carbons (Fsp3) is 0.600. The molecule has 2 saturated heterocycles. The van der Waals surface area contributed by atoms with Gasteiger partial charge in [-0.25, -0.2) is 4.68 Å². The SMILES string of the molecule is Cc1ccc(CN2CCCC(n3ncc(N4CCC(O)CC4)cc3=O)C2)s1. The van der Waals surface area contributed by atoms with Crippen molar-refractivity contribution < 1.29 is 5.11 Å². The average molecular weight is 389 g/mol. The quantitative estimate of drug-likeness (QED) is 0.872. The summed E-state index contributed by atoms with van der Waals surface area (Å²) in [5.74, 6) is 0. The van der Waals surface area contributed by atoms with Crippen LogP contribution < -0.4 is 10.5 Å². The highest BCUT2D eigenvalue weighted by atomic mass is 32.1. The third-order valence-corrected chi connectivity index (χ3v) is 6.63. The van der Waals surface area contributed by atoms with E-state index in [1.807, 2.05) is 17.5 Å². The minimum absolute atomic E-state index is 0.0163. The summed E-state index contributed by atoms with van der Waals surface area (Å²) in [6, 6.07) is 6.24. The number of aromatic nitrogens is 2. The average Bonchev–Trinajstić information content (AvgIpc) is 3.07. The van der Waals surface area contributed by atoms with Crippen LogP contribution in [0.4, 0.5) is 5.69 Å². The van der Waals surface area contributed by atoms with E-state index < -0.39 is 0 Å². The summed E-state index contributed by atoms with van der Waals surface area (Å²) in [7, 11) is 0. The van der Waals surface area contributed by atoms with Gasteiger partial charge in [0, 0.05) is 42.0 Å². The van der Waals surface area contributed by atoms with Crippen LogP contribution in [0.25, 0.3) is 0 Å². The van der Waals surface area contributed by atoms with Crippen molar-refractivity contribution in [2.45, 2.75) is 51.3 Å². The van der Waals surface area contributed by atoms with Gasteiger partial charge in [0.25, 0.3) is 5.56 Å². The van der Waals surface area contributed by atoms with Crippen LogP contribution in [0, 0.1) is 6.92 Å². The van der Waals surface area contributed by atoms with Crippen molar-refractivity contribution in [1.82, 2.24) is 14.7 Å². The van der Waals surface area contributed by atoms with Gasteiger partial charge in [0.1, 0.15) is 0 Å². The van der Waals surface area contributed by atoms with Crippen LogP contribution in [0.3, 0.4) is 0 Å². The Hall–Kier alpha value is -1.70. The lowest BCUT2D eigenvalue weighted by Gasteiger charge is -2.33. The topological polar surface area (TPSA) is 61.6 Å². The van der Waals surface area contributed by atoms with Crippen molar-refractivity contribution >= 4 is 17.0 Å². The van der Waals surface area contributed by atoms with Gasteiger partial charge in [0.05, 0.1) is 24.0 Å². The molecule has 2 aromatic heterocycles. The summed E-state index contributed by atoms with van der Waals surface area (Å²) >= 11 is 1.85. The Morgan fingerprint density at radius 1 is 1.22 bits per heavy atom. The van der Waals surface area contributed by atoms with Crippen molar-refractivity contribution in [2.24, 2.45) is 0 Å². The molecule has 2 aromatic rings. The molecule has 7 heteroatoms. The van der Waals surface area contributed by atoms with Crippen molar-refractivity contribution in [2.75, 3.05) is 31.1 Å². The maximum absolute atomic E-state index is 12.7. The van der Waals surface area contributed by atoms with Crippen molar-refractivity contribution in [3.63, 3.8) is 0 Å². The molecule has 4 heterocycles. The Morgan fingerprint density at radius 2 is 2.04 bits per heavy atom. The van der Waals surface area contributed by atoms with Crippen LogP contribution in [0.15, 0.2) is 29.2 Å². The van der Waals surface area contributed by atoms with Crippen LogP contribution >= 0.6 is 11.3 Å². The van der Waals surface area contributed by atoms with Crippen LogP contribution in [0.1, 0.15) is 41.5 Å². The van der Waals surface area contributed by atoms with Gasteiger partial charge in [-0.2, -0.15) is 5.10 Å². The number of rotatable bonds is 4. The lowest BCUT2D eigenvalue weighted by molar-refractivity contribution is 0.145. The van der Waals surface area contributed by atoms with Crippen molar-refractivity contribution in [1.29, 1.82) is 0 Å². The fourth-order valence-corrected chi connectivity index (χ4v) is 5.08. The summed E-state index contributed by atoms with van der Waals surface area (Å²) in [4.78, 5) is 20.0. The highest BCUT2D eigenvalue weighted by Gasteiger charge is 2.24. The largest absolute Gasteiger partial charge is 0.393 e. The Morgan fingerprint density at radius 3 is 2.74 bits per heavy atom. The number of thiophene rings is 1. The van der Waals surface area contributed by atoms with Gasteiger partial charge in [-0.05, 0) is 51.3 Å². The predicted molar refractivity (Wildman–Crippen MR) is 109 cm³/mol. The van der Waals surface area contributed by atoms with Gasteiger partial charge in [-0.3, -0.25) is 9.69 Å². The molecule has 0 aliphatic carbocycles. The van der Waals surface area contributed by atoms with E-state index in [4.69, 9.17) is 0 Å². The second-order valence-electron chi connectivity index (χ2n) is 7.76. The molecular formula is C20H28N4O2S. The first kappa shape index (κ1) is 18.7. The molecule has 2 aliphatic heterocycles. The molecule has 1 atom stereocenters. The molecule has 0 bridgehead atoms. The summed E-state index contributed by atoms with van der Waals surface area (Å²) in [6.07, 6.45) is 5.21. The molecule has 0 saturated carbocycles. The van der Waals surface area contributed by atoms with Crippen LogP contribution in [-0.2, 0) is 6.54 Å². The summed E-state index contributed by atoms with van der Waals surface area (Å²) < 4.78 is 1.67. The molecule has 0 spiro atoms. The minimum atomic E-state index is -0.213. The normalized spacial score (nSPS) is 22.3. The molecule has 2 fully saturated rings. The second-order valence-corrected chi connectivity index (χ2v) is 9.13. The number of piperidine rings is 2. The van der Waals surface area contributed by atoms with E-state index in [9.17, 15) is 9.90 Å². The van der Waals surface area contributed by atoms with Crippen molar-refractivity contribution in [3.05, 3.63) is 44.5 Å². The fourth-order valence-electron chi connectivity index (χ4n) is 4.14. The number of hydrogen-bond donors (Lipinski definition) is 1. The summed E-state index contributed by atoms with van der Waals surface area (Å²) in [5.41, 5.74) is 0.863. The van der Waals surface area contributed by atoms with E-state index in [0.717, 1.165) is 64.1 Å². The Labute approximate surface area is 164 Å². The zero-order valence-electron chi connectivity index (χ0n) is 15.9. The second kappa shape index (κ2) is 8.12. The van der Waals surface area contributed by atoms with Gasteiger partial charge in [0.2, 0.25) is 0 Å². The Bertz CT molecular complexity index is 825. The molecule has 0 amide bonds. The number of aryl methyl sites for hydroxylation is 1. The zero-order chi connectivity index (χ0) is 18.8. The van der Waals surface area contributed by atoms with Gasteiger partial charge >= 0.3 is 0 Å². The van der Waals surface area contributed by atoms with Crippen LogP contribution in [0.5, 0.6) is 0 Å². The summed E-state index contributed by atoms with van der Waals surface area (Å²) in [6.45, 7) is 6.61. The first-order valence-electron chi connectivity index (χ1n) is 9.88. The predicted octanol–water partition coefficient (Wildman–Crippen LogP) is 2.41. The van der Waals surface area contributed by atoms with E-state index in [1.165, 1.54) is 9.75 Å². The maximum Gasteiger partial charge on any atom is 0.269 e. The molecule has 0 aromatic carbocycles. The van der Waals surface area contributed by atoms with E-state index in [2.05, 4.69) is 34.0 Å². The lowest BCUT2D eigenvalue weighted by Crippen LogP contribution is -2.41. The van der Waals surface area contributed by atoms with Crippen LogP contribution in [-0.4, -0.2) is 52.1 Å². The number of hydrogen-bond acceptors (Lipinski definition) is 6. The highest BCUT2D eigenvalue weighted by Crippen LogP contribution is 2.24. The number of aliphatic hydroxyl groups excluding tert-OH is 1. The molecule has 2 aliphatic rings. The van der Waals surface area contributed by atoms with Gasteiger partial charge < -0.3 is 10.0 Å². The van der Waals surface area contributed by atoms with E-state index in [-0.39, 0.29) is 17.7 Å². The number of aliphatic hydroxyl groups is 1. The molecule has 0 radical (unpaired) electrons. The monoisotopic (exact) mass is 388 g/mol. The van der Waals surface area contributed by atoms with Gasteiger partial charge in [-0.15, -0.1) is 11.3 Å². The lowest BCUT2D eigenvalue weighted by atomic mass is 10.1.